The monoisotopic (exact) mass is 222 g/mol. The van der Waals surface area contributed by atoms with E-state index >= 15 is 0 Å². The van der Waals surface area contributed by atoms with Crippen molar-refractivity contribution in [3.8, 4) is 5.75 Å². The molecule has 2 rings (SSSR count). The summed E-state index contributed by atoms with van der Waals surface area (Å²) in [6, 6.07) is 4.37. The summed E-state index contributed by atoms with van der Waals surface area (Å²) in [6.45, 7) is 0.580. The molecule has 0 bridgehead atoms. The van der Waals surface area contributed by atoms with Crippen LogP contribution in [-0.4, -0.2) is 12.4 Å². The van der Waals surface area contributed by atoms with Crippen LogP contribution in [0.4, 0.5) is 4.39 Å². The Hall–Kier alpha value is -1.58. The second kappa shape index (κ2) is 4.51. The maximum Gasteiger partial charge on any atom is 0.165 e. The van der Waals surface area contributed by atoms with Gasteiger partial charge in [-0.2, -0.15) is 0 Å². The topological polar surface area (TPSA) is 59.1 Å². The zero-order chi connectivity index (χ0) is 11.5. The van der Waals surface area contributed by atoms with Gasteiger partial charge in [-0.05, 0) is 37.0 Å². The first kappa shape index (κ1) is 10.9. The predicted octanol–water partition coefficient (Wildman–Crippen LogP) is 2.29. The summed E-state index contributed by atoms with van der Waals surface area (Å²) in [5.74, 6) is 0.236. The Kier molecular flexibility index (Phi) is 3.08. The third-order valence-corrected chi connectivity index (χ3v) is 2.94. The fourth-order valence-electron chi connectivity index (χ4n) is 1.65. The summed E-state index contributed by atoms with van der Waals surface area (Å²) in [5, 5.41) is 7.18. The van der Waals surface area contributed by atoms with Crippen molar-refractivity contribution < 1.29 is 9.13 Å². The van der Waals surface area contributed by atoms with E-state index in [1.807, 2.05) is 0 Å². The number of rotatable bonds is 4. The second-order valence-electron chi connectivity index (χ2n) is 4.17. The minimum Gasteiger partial charge on any atom is -0.490 e. The summed E-state index contributed by atoms with van der Waals surface area (Å²) in [7, 11) is 0. The number of nitrogen functional groups attached to an aromatic ring is 1. The predicted molar refractivity (Wildman–Crippen MR) is 60.3 cm³/mol. The molecule has 1 aliphatic rings. The van der Waals surface area contributed by atoms with Crippen molar-refractivity contribution in [3.05, 3.63) is 29.6 Å². The average Bonchev–Trinajstić information content (AvgIpc) is 2.17. The van der Waals surface area contributed by atoms with Gasteiger partial charge in [0.05, 0.1) is 6.61 Å². The molecule has 16 heavy (non-hydrogen) atoms. The second-order valence-corrected chi connectivity index (χ2v) is 4.17. The Morgan fingerprint density at radius 1 is 1.50 bits per heavy atom. The van der Waals surface area contributed by atoms with Gasteiger partial charge in [0.25, 0.3) is 0 Å². The Morgan fingerprint density at radius 2 is 2.25 bits per heavy atom. The van der Waals surface area contributed by atoms with Crippen molar-refractivity contribution in [1.29, 1.82) is 5.41 Å². The highest BCUT2D eigenvalue weighted by Crippen LogP contribution is 2.27. The molecular weight excluding hydrogens is 207 g/mol. The van der Waals surface area contributed by atoms with Crippen molar-refractivity contribution in [2.75, 3.05) is 6.61 Å². The summed E-state index contributed by atoms with van der Waals surface area (Å²) in [5.41, 5.74) is 5.64. The molecule has 4 heteroatoms. The smallest absolute Gasteiger partial charge is 0.165 e. The van der Waals surface area contributed by atoms with Crippen LogP contribution in [0.5, 0.6) is 5.75 Å². The first-order valence-electron chi connectivity index (χ1n) is 5.43. The Bertz CT molecular complexity index is 402. The molecule has 0 atom stereocenters. The minimum atomic E-state index is -0.452. The molecule has 0 aromatic heterocycles. The third kappa shape index (κ3) is 2.32. The molecule has 0 unspecified atom stereocenters. The molecule has 0 spiro atoms. The van der Waals surface area contributed by atoms with E-state index in [1.54, 1.807) is 6.07 Å². The van der Waals surface area contributed by atoms with E-state index in [9.17, 15) is 4.39 Å². The molecule has 1 saturated carbocycles. The van der Waals surface area contributed by atoms with Crippen LogP contribution in [0.25, 0.3) is 0 Å². The number of benzene rings is 1. The summed E-state index contributed by atoms with van der Waals surface area (Å²) in [6.07, 6.45) is 3.60. The molecule has 0 heterocycles. The van der Waals surface area contributed by atoms with Crippen LogP contribution in [0, 0.1) is 17.1 Å². The fourth-order valence-corrected chi connectivity index (χ4v) is 1.65. The van der Waals surface area contributed by atoms with Crippen LogP contribution in [0.1, 0.15) is 24.8 Å². The number of nitrogens with two attached hydrogens (primary N) is 1. The highest BCUT2D eigenvalue weighted by molar-refractivity contribution is 5.95. The van der Waals surface area contributed by atoms with E-state index in [2.05, 4.69) is 0 Å². The van der Waals surface area contributed by atoms with Crippen molar-refractivity contribution in [1.82, 2.24) is 0 Å². The Balaban J connectivity index is 2.00. The van der Waals surface area contributed by atoms with Crippen LogP contribution < -0.4 is 10.5 Å². The Labute approximate surface area is 93.9 Å². The minimum absolute atomic E-state index is 0.135. The number of amidine groups is 1. The van der Waals surface area contributed by atoms with Gasteiger partial charge in [0, 0.05) is 5.56 Å². The SMILES string of the molecule is N=C(N)c1ccc(OCC2CCC2)c(F)c1. The van der Waals surface area contributed by atoms with Crippen LogP contribution in [0.3, 0.4) is 0 Å². The van der Waals surface area contributed by atoms with Gasteiger partial charge in [0.15, 0.2) is 11.6 Å². The molecule has 0 aliphatic heterocycles. The lowest BCUT2D eigenvalue weighted by Crippen LogP contribution is -2.19. The molecule has 1 aliphatic carbocycles. The van der Waals surface area contributed by atoms with Crippen molar-refractivity contribution >= 4 is 5.84 Å². The van der Waals surface area contributed by atoms with Gasteiger partial charge >= 0.3 is 0 Å². The van der Waals surface area contributed by atoms with E-state index < -0.39 is 5.82 Å². The van der Waals surface area contributed by atoms with E-state index in [-0.39, 0.29) is 11.6 Å². The van der Waals surface area contributed by atoms with Crippen LogP contribution >= 0.6 is 0 Å². The zero-order valence-corrected chi connectivity index (χ0v) is 9.00. The lowest BCUT2D eigenvalue weighted by Gasteiger charge is -2.25. The molecule has 3 nitrogen and oxygen atoms in total. The number of hydrogen-bond acceptors (Lipinski definition) is 2. The summed E-state index contributed by atoms with van der Waals surface area (Å²) >= 11 is 0. The largest absolute Gasteiger partial charge is 0.490 e. The van der Waals surface area contributed by atoms with E-state index in [0.29, 0.717) is 18.1 Å². The molecule has 1 fully saturated rings. The lowest BCUT2D eigenvalue weighted by atomic mass is 9.86. The highest BCUT2D eigenvalue weighted by atomic mass is 19.1. The molecule has 0 radical (unpaired) electrons. The molecule has 86 valence electrons. The van der Waals surface area contributed by atoms with E-state index in [1.165, 1.54) is 31.4 Å². The van der Waals surface area contributed by atoms with Crippen molar-refractivity contribution in [2.24, 2.45) is 11.7 Å². The summed E-state index contributed by atoms with van der Waals surface area (Å²) < 4.78 is 18.9. The lowest BCUT2D eigenvalue weighted by molar-refractivity contribution is 0.175. The van der Waals surface area contributed by atoms with Crippen LogP contribution in [-0.2, 0) is 0 Å². The molecule has 1 aromatic rings. The van der Waals surface area contributed by atoms with Crippen molar-refractivity contribution in [3.63, 3.8) is 0 Å². The van der Waals surface area contributed by atoms with Gasteiger partial charge in [0.2, 0.25) is 0 Å². The van der Waals surface area contributed by atoms with Crippen LogP contribution in [0.2, 0.25) is 0 Å². The standard InChI is InChI=1S/C12H15FN2O/c13-10-6-9(12(14)15)4-5-11(10)16-7-8-2-1-3-8/h4-6,8H,1-3,7H2,(H3,14,15). The van der Waals surface area contributed by atoms with E-state index in [0.717, 1.165) is 0 Å². The molecule has 1 aromatic carbocycles. The fraction of sp³-hybridized carbons (Fsp3) is 0.417. The highest BCUT2D eigenvalue weighted by Gasteiger charge is 2.18. The van der Waals surface area contributed by atoms with Crippen molar-refractivity contribution in [2.45, 2.75) is 19.3 Å². The van der Waals surface area contributed by atoms with Gasteiger partial charge in [-0.3, -0.25) is 5.41 Å². The number of ether oxygens (including phenoxy) is 1. The third-order valence-electron chi connectivity index (χ3n) is 2.94. The number of nitrogens with one attached hydrogen (secondary N) is 1. The Morgan fingerprint density at radius 3 is 2.75 bits per heavy atom. The first-order chi connectivity index (χ1) is 7.66. The number of halogens is 1. The van der Waals surface area contributed by atoms with Gasteiger partial charge in [0.1, 0.15) is 5.84 Å². The quantitative estimate of drug-likeness (QED) is 0.606. The van der Waals surface area contributed by atoms with Gasteiger partial charge in [-0.25, -0.2) is 4.39 Å². The normalized spacial score (nSPS) is 15.6. The molecular formula is C12H15FN2O. The molecule has 0 amide bonds. The number of hydrogen-bond donors (Lipinski definition) is 2. The van der Waals surface area contributed by atoms with Gasteiger partial charge in [-0.1, -0.05) is 6.42 Å². The maximum atomic E-state index is 13.5. The maximum absolute atomic E-state index is 13.5. The van der Waals surface area contributed by atoms with Gasteiger partial charge in [-0.15, -0.1) is 0 Å². The van der Waals surface area contributed by atoms with Crippen LogP contribution in [0.15, 0.2) is 18.2 Å². The summed E-state index contributed by atoms with van der Waals surface area (Å²) in [4.78, 5) is 0. The molecule has 0 saturated heterocycles. The van der Waals surface area contributed by atoms with Gasteiger partial charge < -0.3 is 10.5 Å². The molecule has 3 N–H and O–H groups in total. The average molecular weight is 222 g/mol. The zero-order valence-electron chi connectivity index (χ0n) is 9.00. The first-order valence-corrected chi connectivity index (χ1v) is 5.43. The van der Waals surface area contributed by atoms with E-state index in [4.69, 9.17) is 15.9 Å².